The monoisotopic (exact) mass is 359 g/mol. The SMILES string of the molecule is CC(CO)n1cc(Nc2nc3c(-c4ccc(C#N)cc4)cccn3n2)cn1. The van der Waals surface area contributed by atoms with Crippen LogP contribution in [0.4, 0.5) is 11.6 Å². The van der Waals surface area contributed by atoms with E-state index in [0.717, 1.165) is 16.8 Å². The molecule has 2 N–H and O–H groups in total. The average molecular weight is 359 g/mol. The third-order valence-electron chi connectivity index (χ3n) is 4.26. The predicted octanol–water partition coefficient (Wildman–Crippen LogP) is 2.76. The Kier molecular flexibility index (Phi) is 4.28. The molecule has 0 radical (unpaired) electrons. The minimum atomic E-state index is -0.0995. The quantitative estimate of drug-likeness (QED) is 0.568. The number of aliphatic hydroxyl groups is 1. The van der Waals surface area contributed by atoms with E-state index in [0.29, 0.717) is 17.2 Å². The summed E-state index contributed by atoms with van der Waals surface area (Å²) >= 11 is 0. The van der Waals surface area contributed by atoms with Crippen molar-refractivity contribution in [2.75, 3.05) is 11.9 Å². The standard InChI is InChI=1S/C19H17N7O/c1-13(12-27)26-11-16(10-21-26)22-19-23-18-17(3-2-8-25(18)24-19)15-6-4-14(9-20)5-7-15/h2-8,10-11,13,27H,12H2,1H3,(H,22,24). The summed E-state index contributed by atoms with van der Waals surface area (Å²) in [5.41, 5.74) is 3.95. The van der Waals surface area contributed by atoms with Crippen LogP contribution in [0.1, 0.15) is 18.5 Å². The van der Waals surface area contributed by atoms with Crippen LogP contribution < -0.4 is 5.32 Å². The number of pyridine rings is 1. The summed E-state index contributed by atoms with van der Waals surface area (Å²) in [7, 11) is 0. The first-order valence-corrected chi connectivity index (χ1v) is 8.46. The zero-order valence-electron chi connectivity index (χ0n) is 14.6. The molecule has 0 bridgehead atoms. The highest BCUT2D eigenvalue weighted by Crippen LogP contribution is 2.25. The van der Waals surface area contributed by atoms with Crippen LogP contribution in [-0.2, 0) is 0 Å². The highest BCUT2D eigenvalue weighted by atomic mass is 16.3. The molecule has 0 saturated heterocycles. The molecule has 8 heteroatoms. The van der Waals surface area contributed by atoms with Crippen molar-refractivity contribution in [2.45, 2.75) is 13.0 Å². The van der Waals surface area contributed by atoms with Crippen molar-refractivity contribution in [3.05, 3.63) is 60.6 Å². The Morgan fingerprint density at radius 1 is 1.26 bits per heavy atom. The van der Waals surface area contributed by atoms with E-state index in [1.165, 1.54) is 0 Å². The molecule has 0 saturated carbocycles. The molecule has 0 fully saturated rings. The van der Waals surface area contributed by atoms with Gasteiger partial charge in [0.2, 0.25) is 5.95 Å². The molecule has 1 unspecified atom stereocenters. The number of nitrogens with zero attached hydrogens (tertiary/aromatic N) is 6. The van der Waals surface area contributed by atoms with Crippen LogP contribution in [0.3, 0.4) is 0 Å². The minimum Gasteiger partial charge on any atom is -0.394 e. The molecule has 8 nitrogen and oxygen atoms in total. The Hall–Kier alpha value is -3.70. The second kappa shape index (κ2) is 6.90. The minimum absolute atomic E-state index is 0.0156. The smallest absolute Gasteiger partial charge is 0.247 e. The van der Waals surface area contributed by atoms with Gasteiger partial charge >= 0.3 is 0 Å². The molecule has 3 heterocycles. The van der Waals surface area contributed by atoms with Gasteiger partial charge in [0.25, 0.3) is 0 Å². The normalized spacial score (nSPS) is 12.0. The molecule has 1 aromatic carbocycles. The van der Waals surface area contributed by atoms with E-state index in [1.54, 1.807) is 33.7 Å². The lowest BCUT2D eigenvalue weighted by molar-refractivity contribution is 0.230. The van der Waals surface area contributed by atoms with E-state index in [4.69, 9.17) is 5.26 Å². The molecular formula is C19H17N7O. The molecule has 4 aromatic rings. The maximum atomic E-state index is 9.23. The van der Waals surface area contributed by atoms with Crippen LogP contribution in [0.2, 0.25) is 0 Å². The zero-order chi connectivity index (χ0) is 18.8. The topological polar surface area (TPSA) is 104 Å². The Morgan fingerprint density at radius 3 is 2.81 bits per heavy atom. The molecule has 4 rings (SSSR count). The number of hydrogen-bond donors (Lipinski definition) is 2. The summed E-state index contributed by atoms with van der Waals surface area (Å²) < 4.78 is 3.39. The summed E-state index contributed by atoms with van der Waals surface area (Å²) in [6.07, 6.45) is 5.30. The van der Waals surface area contributed by atoms with Crippen molar-refractivity contribution < 1.29 is 5.11 Å². The molecule has 0 amide bonds. The molecule has 134 valence electrons. The highest BCUT2D eigenvalue weighted by molar-refractivity contribution is 5.78. The second-order valence-corrected chi connectivity index (χ2v) is 6.18. The van der Waals surface area contributed by atoms with Crippen molar-refractivity contribution in [3.8, 4) is 17.2 Å². The maximum Gasteiger partial charge on any atom is 0.247 e. The number of aliphatic hydroxyl groups excluding tert-OH is 1. The lowest BCUT2D eigenvalue weighted by atomic mass is 10.1. The Bertz CT molecular complexity index is 1120. The Balaban J connectivity index is 1.66. The van der Waals surface area contributed by atoms with Gasteiger partial charge in [0.05, 0.1) is 36.2 Å². The molecular weight excluding hydrogens is 342 g/mol. The fraction of sp³-hybridized carbons (Fsp3) is 0.158. The number of anilines is 2. The lowest BCUT2D eigenvalue weighted by Gasteiger charge is -2.06. The van der Waals surface area contributed by atoms with Crippen LogP contribution in [0.25, 0.3) is 16.8 Å². The number of hydrogen-bond acceptors (Lipinski definition) is 6. The molecule has 0 aliphatic carbocycles. The van der Waals surface area contributed by atoms with Gasteiger partial charge in [-0.3, -0.25) is 4.68 Å². The second-order valence-electron chi connectivity index (χ2n) is 6.18. The first-order valence-electron chi connectivity index (χ1n) is 8.46. The number of aromatic nitrogens is 5. The van der Waals surface area contributed by atoms with E-state index in [2.05, 4.69) is 26.6 Å². The molecule has 1 atom stereocenters. The van der Waals surface area contributed by atoms with Gasteiger partial charge in [-0.1, -0.05) is 12.1 Å². The predicted molar refractivity (Wildman–Crippen MR) is 100 cm³/mol. The third-order valence-corrected chi connectivity index (χ3v) is 4.26. The van der Waals surface area contributed by atoms with Gasteiger partial charge in [0, 0.05) is 18.0 Å². The van der Waals surface area contributed by atoms with Crippen molar-refractivity contribution in [3.63, 3.8) is 0 Å². The largest absolute Gasteiger partial charge is 0.394 e. The number of nitrogens with one attached hydrogen (secondary N) is 1. The number of fused-ring (bicyclic) bond motifs is 1. The molecule has 0 aliphatic rings. The average Bonchev–Trinajstić information content (AvgIpc) is 3.34. The van der Waals surface area contributed by atoms with Gasteiger partial charge in [-0.2, -0.15) is 15.3 Å². The first-order chi connectivity index (χ1) is 13.2. The van der Waals surface area contributed by atoms with Gasteiger partial charge in [-0.15, -0.1) is 5.10 Å². The number of benzene rings is 1. The number of rotatable bonds is 5. The third kappa shape index (κ3) is 3.23. The van der Waals surface area contributed by atoms with E-state index >= 15 is 0 Å². The first kappa shape index (κ1) is 16.8. The maximum absolute atomic E-state index is 9.23. The van der Waals surface area contributed by atoms with Crippen LogP contribution >= 0.6 is 0 Å². The van der Waals surface area contributed by atoms with Crippen molar-refractivity contribution in [1.82, 2.24) is 24.4 Å². The summed E-state index contributed by atoms with van der Waals surface area (Å²) in [5, 5.41) is 30.0. The van der Waals surface area contributed by atoms with Crippen LogP contribution in [-0.4, -0.2) is 36.1 Å². The molecule has 0 spiro atoms. The van der Waals surface area contributed by atoms with E-state index in [1.807, 2.05) is 37.4 Å². The van der Waals surface area contributed by atoms with Crippen LogP contribution in [0.15, 0.2) is 55.0 Å². The van der Waals surface area contributed by atoms with Crippen molar-refractivity contribution >= 4 is 17.3 Å². The molecule has 3 aromatic heterocycles. The summed E-state index contributed by atoms with van der Waals surface area (Å²) in [5.74, 6) is 0.451. The molecule has 0 aliphatic heterocycles. The van der Waals surface area contributed by atoms with Crippen LogP contribution in [0.5, 0.6) is 0 Å². The Labute approximate surface area is 155 Å². The van der Waals surface area contributed by atoms with Gasteiger partial charge in [-0.05, 0) is 36.8 Å². The number of nitriles is 1. The summed E-state index contributed by atoms with van der Waals surface area (Å²) in [4.78, 5) is 4.59. The summed E-state index contributed by atoms with van der Waals surface area (Å²) in [6.45, 7) is 1.89. The van der Waals surface area contributed by atoms with Crippen LogP contribution in [0, 0.1) is 11.3 Å². The van der Waals surface area contributed by atoms with Gasteiger partial charge < -0.3 is 10.4 Å². The highest BCUT2D eigenvalue weighted by Gasteiger charge is 2.11. The Morgan fingerprint density at radius 2 is 2.07 bits per heavy atom. The van der Waals surface area contributed by atoms with E-state index in [-0.39, 0.29) is 12.6 Å². The van der Waals surface area contributed by atoms with Gasteiger partial charge in [0.1, 0.15) is 0 Å². The fourth-order valence-electron chi connectivity index (χ4n) is 2.77. The van der Waals surface area contributed by atoms with Gasteiger partial charge in [0.15, 0.2) is 5.65 Å². The summed E-state index contributed by atoms with van der Waals surface area (Å²) in [6, 6.07) is 13.3. The van der Waals surface area contributed by atoms with Crippen molar-refractivity contribution in [2.24, 2.45) is 0 Å². The fourth-order valence-corrected chi connectivity index (χ4v) is 2.77. The van der Waals surface area contributed by atoms with Gasteiger partial charge in [-0.25, -0.2) is 4.52 Å². The lowest BCUT2D eigenvalue weighted by Crippen LogP contribution is -2.09. The zero-order valence-corrected chi connectivity index (χ0v) is 14.6. The van der Waals surface area contributed by atoms with E-state index < -0.39 is 0 Å². The van der Waals surface area contributed by atoms with Crippen molar-refractivity contribution in [1.29, 1.82) is 5.26 Å². The van der Waals surface area contributed by atoms with E-state index in [9.17, 15) is 5.11 Å². The molecule has 27 heavy (non-hydrogen) atoms.